The van der Waals surface area contributed by atoms with Gasteiger partial charge >= 0.3 is 0 Å². The van der Waals surface area contributed by atoms with Crippen LogP contribution in [-0.2, 0) is 10.0 Å². The van der Waals surface area contributed by atoms with Gasteiger partial charge in [-0.1, -0.05) is 12.1 Å². The number of rotatable bonds is 3. The van der Waals surface area contributed by atoms with Crippen LogP contribution in [0.3, 0.4) is 0 Å². The molecule has 0 aliphatic heterocycles. The van der Waals surface area contributed by atoms with E-state index in [4.69, 9.17) is 0 Å². The summed E-state index contributed by atoms with van der Waals surface area (Å²) in [4.78, 5) is 10.3. The number of hydrogen-bond donors (Lipinski definition) is 1. The summed E-state index contributed by atoms with van der Waals surface area (Å²) < 4.78 is 23.9. The van der Waals surface area contributed by atoms with Crippen LogP contribution in [0.15, 0.2) is 24.3 Å². The Hall–Kier alpha value is -1.36. The topological polar surface area (TPSA) is 63.2 Å². The molecule has 0 saturated carbocycles. The number of anilines is 1. The molecule has 1 rings (SSSR count). The molecule has 5 heteroatoms. The Morgan fingerprint density at radius 3 is 2.62 bits per heavy atom. The van der Waals surface area contributed by atoms with Gasteiger partial charge in [-0.2, -0.15) is 0 Å². The molecule has 0 heterocycles. The molecule has 0 atom stereocenters. The predicted octanol–water partition coefficient (Wildman–Crippen LogP) is 0.871. The summed E-state index contributed by atoms with van der Waals surface area (Å²) in [5, 5.41) is 0. The molecule has 0 bridgehead atoms. The largest absolute Gasteiger partial charge is 0.298 e. The zero-order valence-corrected chi connectivity index (χ0v) is 7.84. The number of carbonyl (C=O) groups is 1. The Bertz CT molecular complexity index is 411. The van der Waals surface area contributed by atoms with Crippen LogP contribution in [0.4, 0.5) is 5.69 Å². The van der Waals surface area contributed by atoms with Crippen LogP contribution in [0.25, 0.3) is 0 Å². The van der Waals surface area contributed by atoms with Crippen LogP contribution in [0.5, 0.6) is 0 Å². The second-order valence-corrected chi connectivity index (χ2v) is 4.37. The first-order valence-corrected chi connectivity index (χ1v) is 5.43. The number of nitrogens with one attached hydrogen (secondary N) is 1. The van der Waals surface area contributed by atoms with E-state index in [2.05, 4.69) is 4.72 Å². The molecule has 0 fully saturated rings. The summed E-state index contributed by atoms with van der Waals surface area (Å²) in [5.74, 6) is 0. The van der Waals surface area contributed by atoms with Crippen molar-refractivity contribution >= 4 is 22.0 Å². The van der Waals surface area contributed by atoms with E-state index >= 15 is 0 Å². The highest BCUT2D eigenvalue weighted by molar-refractivity contribution is 7.92. The summed E-state index contributed by atoms with van der Waals surface area (Å²) in [7, 11) is -3.27. The first-order chi connectivity index (χ1) is 6.01. The second-order valence-electron chi connectivity index (χ2n) is 2.62. The van der Waals surface area contributed by atoms with Crippen LogP contribution in [0.2, 0.25) is 0 Å². The summed E-state index contributed by atoms with van der Waals surface area (Å²) in [5.41, 5.74) is 0.834. The maximum atomic E-state index is 10.8. The molecule has 0 amide bonds. The molecule has 0 aliphatic carbocycles. The van der Waals surface area contributed by atoms with Gasteiger partial charge < -0.3 is 0 Å². The van der Waals surface area contributed by atoms with Crippen LogP contribution >= 0.6 is 0 Å². The summed E-state index contributed by atoms with van der Waals surface area (Å²) in [6.07, 6.45) is 1.72. The van der Waals surface area contributed by atoms with Gasteiger partial charge in [0, 0.05) is 11.3 Å². The molecule has 13 heavy (non-hydrogen) atoms. The zero-order valence-electron chi connectivity index (χ0n) is 7.02. The minimum Gasteiger partial charge on any atom is -0.298 e. The quantitative estimate of drug-likeness (QED) is 0.735. The normalized spacial score (nSPS) is 10.8. The molecule has 0 aromatic heterocycles. The van der Waals surface area contributed by atoms with Gasteiger partial charge in [0.15, 0.2) is 0 Å². The average Bonchev–Trinajstić information content (AvgIpc) is 2.01. The Kier molecular flexibility index (Phi) is 2.67. The van der Waals surface area contributed by atoms with Crippen molar-refractivity contribution in [3.63, 3.8) is 0 Å². The first-order valence-electron chi connectivity index (χ1n) is 3.54. The van der Waals surface area contributed by atoms with E-state index in [9.17, 15) is 13.2 Å². The molecule has 70 valence electrons. The Morgan fingerprint density at radius 1 is 1.38 bits per heavy atom. The fourth-order valence-electron chi connectivity index (χ4n) is 0.890. The highest BCUT2D eigenvalue weighted by Crippen LogP contribution is 2.09. The maximum absolute atomic E-state index is 10.8. The standard InChI is InChI=1S/C8H9NO3S/c1-13(11,12)9-8-4-2-3-7(5-8)6-10/h2-6,9H,1H3. The number of sulfonamides is 1. The minimum absolute atomic E-state index is 0.395. The molecule has 0 aliphatic rings. The third-order valence-corrected chi connectivity index (χ3v) is 1.93. The van der Waals surface area contributed by atoms with E-state index in [-0.39, 0.29) is 0 Å². The average molecular weight is 199 g/mol. The third-order valence-electron chi connectivity index (χ3n) is 1.33. The summed E-state index contributed by atoms with van der Waals surface area (Å²) >= 11 is 0. The Labute approximate surface area is 76.6 Å². The lowest BCUT2D eigenvalue weighted by Crippen LogP contribution is -2.09. The molecule has 1 aromatic carbocycles. The predicted molar refractivity (Wildman–Crippen MR) is 50.3 cm³/mol. The van der Waals surface area contributed by atoms with Crippen LogP contribution in [0.1, 0.15) is 10.4 Å². The number of benzene rings is 1. The van der Waals surface area contributed by atoms with E-state index < -0.39 is 10.0 Å². The third kappa shape index (κ3) is 3.25. The van der Waals surface area contributed by atoms with Gasteiger partial charge in [-0.15, -0.1) is 0 Å². The van der Waals surface area contributed by atoms with Gasteiger partial charge in [-0.25, -0.2) is 8.42 Å². The summed E-state index contributed by atoms with van der Waals surface area (Å²) in [6.45, 7) is 0. The van der Waals surface area contributed by atoms with Crippen molar-refractivity contribution in [3.8, 4) is 0 Å². The van der Waals surface area contributed by atoms with Gasteiger partial charge in [-0.05, 0) is 12.1 Å². The Balaban J connectivity index is 2.96. The fraction of sp³-hybridized carbons (Fsp3) is 0.125. The molecule has 0 unspecified atom stereocenters. The van der Waals surface area contributed by atoms with Gasteiger partial charge in [-0.3, -0.25) is 9.52 Å². The highest BCUT2D eigenvalue weighted by Gasteiger charge is 2.01. The van der Waals surface area contributed by atoms with Crippen molar-refractivity contribution in [1.82, 2.24) is 0 Å². The lowest BCUT2D eigenvalue weighted by Gasteiger charge is -2.02. The van der Waals surface area contributed by atoms with Gasteiger partial charge in [0.2, 0.25) is 10.0 Å². The van der Waals surface area contributed by atoms with Crippen LogP contribution in [0, 0.1) is 0 Å². The second kappa shape index (κ2) is 3.57. The lowest BCUT2D eigenvalue weighted by atomic mass is 10.2. The maximum Gasteiger partial charge on any atom is 0.229 e. The molecule has 1 aromatic rings. The SMILES string of the molecule is CS(=O)(=O)Nc1cccc(C=O)c1. The molecular formula is C8H9NO3S. The van der Waals surface area contributed by atoms with E-state index in [1.165, 1.54) is 6.07 Å². The van der Waals surface area contributed by atoms with E-state index in [0.717, 1.165) is 6.26 Å². The zero-order chi connectivity index (χ0) is 9.90. The van der Waals surface area contributed by atoms with E-state index in [0.29, 0.717) is 17.5 Å². The van der Waals surface area contributed by atoms with Crippen molar-refractivity contribution in [1.29, 1.82) is 0 Å². The fourth-order valence-corrected chi connectivity index (χ4v) is 1.44. The van der Waals surface area contributed by atoms with Gasteiger partial charge in [0.25, 0.3) is 0 Å². The highest BCUT2D eigenvalue weighted by atomic mass is 32.2. The van der Waals surface area contributed by atoms with Gasteiger partial charge in [0.1, 0.15) is 6.29 Å². The molecular weight excluding hydrogens is 190 g/mol. The van der Waals surface area contributed by atoms with Crippen molar-refractivity contribution in [2.24, 2.45) is 0 Å². The van der Waals surface area contributed by atoms with Crippen molar-refractivity contribution < 1.29 is 13.2 Å². The van der Waals surface area contributed by atoms with Crippen LogP contribution < -0.4 is 4.72 Å². The summed E-state index contributed by atoms with van der Waals surface area (Å²) in [6, 6.07) is 6.25. The molecule has 0 spiro atoms. The van der Waals surface area contributed by atoms with Gasteiger partial charge in [0.05, 0.1) is 6.26 Å². The number of hydrogen-bond acceptors (Lipinski definition) is 3. The van der Waals surface area contributed by atoms with Crippen molar-refractivity contribution in [3.05, 3.63) is 29.8 Å². The van der Waals surface area contributed by atoms with E-state index in [1.54, 1.807) is 18.2 Å². The first kappa shape index (κ1) is 9.73. The Morgan fingerprint density at radius 2 is 2.08 bits per heavy atom. The van der Waals surface area contributed by atoms with Crippen molar-refractivity contribution in [2.75, 3.05) is 11.0 Å². The smallest absolute Gasteiger partial charge is 0.229 e. The lowest BCUT2D eigenvalue weighted by molar-refractivity contribution is 0.112. The monoisotopic (exact) mass is 199 g/mol. The minimum atomic E-state index is -3.27. The molecule has 4 nitrogen and oxygen atoms in total. The van der Waals surface area contributed by atoms with E-state index in [1.807, 2.05) is 0 Å². The van der Waals surface area contributed by atoms with Crippen LogP contribution in [-0.4, -0.2) is 21.0 Å². The molecule has 1 N–H and O–H groups in total. The van der Waals surface area contributed by atoms with Crippen molar-refractivity contribution in [2.45, 2.75) is 0 Å². The number of aldehydes is 1. The number of carbonyl (C=O) groups excluding carboxylic acids is 1. The molecule has 0 saturated heterocycles. The molecule has 0 radical (unpaired) electrons.